The van der Waals surface area contributed by atoms with E-state index in [0.717, 1.165) is 5.56 Å². The molecule has 25 heavy (non-hydrogen) atoms. The Hall–Kier alpha value is -2.42. The van der Waals surface area contributed by atoms with Gasteiger partial charge in [-0.25, -0.2) is 0 Å². The lowest BCUT2D eigenvalue weighted by Crippen LogP contribution is -2.36. The summed E-state index contributed by atoms with van der Waals surface area (Å²) in [6.07, 6.45) is 1.87. The number of furan rings is 1. The van der Waals surface area contributed by atoms with Crippen molar-refractivity contribution in [3.8, 4) is 0 Å². The van der Waals surface area contributed by atoms with Crippen molar-refractivity contribution in [3.63, 3.8) is 0 Å². The summed E-state index contributed by atoms with van der Waals surface area (Å²) >= 11 is 1.43. The van der Waals surface area contributed by atoms with Crippen molar-refractivity contribution >= 4 is 23.6 Å². The van der Waals surface area contributed by atoms with Gasteiger partial charge in [-0.2, -0.15) is 5.16 Å². The number of carbonyl (C=O) groups excluding carboxylic acids is 2. The SMILES string of the molecule is CSc1cc(C)c(C(=O)NCC(C)CNC(=O)c2c(C)o[nH]c2=O)o1. The molecule has 3 N–H and O–H groups in total. The van der Waals surface area contributed by atoms with Crippen LogP contribution in [0.5, 0.6) is 0 Å². The Kier molecular flexibility index (Phi) is 6.13. The van der Waals surface area contributed by atoms with Crippen LogP contribution in [0, 0.1) is 19.8 Å². The average molecular weight is 367 g/mol. The lowest BCUT2D eigenvalue weighted by Gasteiger charge is -2.13. The van der Waals surface area contributed by atoms with E-state index < -0.39 is 11.5 Å². The monoisotopic (exact) mass is 367 g/mol. The maximum atomic E-state index is 12.2. The van der Waals surface area contributed by atoms with Crippen LogP contribution < -0.4 is 16.2 Å². The minimum atomic E-state index is -0.561. The lowest BCUT2D eigenvalue weighted by molar-refractivity contribution is 0.0913. The van der Waals surface area contributed by atoms with Crippen LogP contribution in [0.25, 0.3) is 0 Å². The van der Waals surface area contributed by atoms with Gasteiger partial charge in [-0.3, -0.25) is 14.4 Å². The normalized spacial score (nSPS) is 12.0. The smallest absolute Gasteiger partial charge is 0.293 e. The van der Waals surface area contributed by atoms with Crippen LogP contribution in [0.2, 0.25) is 0 Å². The van der Waals surface area contributed by atoms with Crippen LogP contribution in [0.1, 0.15) is 39.2 Å². The summed E-state index contributed by atoms with van der Waals surface area (Å²) in [7, 11) is 0. The van der Waals surface area contributed by atoms with Gasteiger partial charge in [0.2, 0.25) is 0 Å². The molecule has 136 valence electrons. The quantitative estimate of drug-likeness (QED) is 0.641. The van der Waals surface area contributed by atoms with Crippen LogP contribution in [-0.4, -0.2) is 36.3 Å². The van der Waals surface area contributed by atoms with E-state index >= 15 is 0 Å². The molecule has 0 aliphatic carbocycles. The molecule has 2 aromatic rings. The minimum Gasteiger partial charge on any atom is -0.444 e. The van der Waals surface area contributed by atoms with Gasteiger partial charge in [0, 0.05) is 18.7 Å². The topological polar surface area (TPSA) is 117 Å². The highest BCUT2D eigenvalue weighted by atomic mass is 32.2. The van der Waals surface area contributed by atoms with Crippen LogP contribution in [0.3, 0.4) is 0 Å². The molecular formula is C16H21N3O5S. The number of carbonyl (C=O) groups is 2. The second-order valence-electron chi connectivity index (χ2n) is 5.77. The molecule has 9 heteroatoms. The van der Waals surface area contributed by atoms with E-state index in [4.69, 9.17) is 8.94 Å². The number of amides is 2. The van der Waals surface area contributed by atoms with Gasteiger partial charge < -0.3 is 19.6 Å². The van der Waals surface area contributed by atoms with E-state index in [1.165, 1.54) is 18.7 Å². The van der Waals surface area contributed by atoms with Crippen molar-refractivity contribution in [1.29, 1.82) is 0 Å². The van der Waals surface area contributed by atoms with Crippen molar-refractivity contribution in [2.45, 2.75) is 25.9 Å². The number of thioether (sulfide) groups is 1. The fourth-order valence-corrected chi connectivity index (χ4v) is 2.66. The molecule has 1 unspecified atom stereocenters. The van der Waals surface area contributed by atoms with Crippen LogP contribution in [0.15, 0.2) is 24.9 Å². The zero-order chi connectivity index (χ0) is 18.6. The predicted molar refractivity (Wildman–Crippen MR) is 93.1 cm³/mol. The first-order valence-electron chi connectivity index (χ1n) is 7.72. The van der Waals surface area contributed by atoms with Crippen molar-refractivity contribution in [2.24, 2.45) is 5.92 Å². The third-order valence-electron chi connectivity index (χ3n) is 3.63. The third-order valence-corrected chi connectivity index (χ3v) is 4.23. The molecule has 1 atom stereocenters. The second kappa shape index (κ2) is 8.11. The van der Waals surface area contributed by atoms with Gasteiger partial charge in [0.05, 0.1) is 0 Å². The minimum absolute atomic E-state index is 0.0329. The fraction of sp³-hybridized carbons (Fsp3) is 0.438. The van der Waals surface area contributed by atoms with Gasteiger partial charge in [0.25, 0.3) is 17.4 Å². The summed E-state index contributed by atoms with van der Waals surface area (Å²) in [6.45, 7) is 5.87. The van der Waals surface area contributed by atoms with Crippen molar-refractivity contribution in [2.75, 3.05) is 19.3 Å². The van der Waals surface area contributed by atoms with Crippen LogP contribution >= 0.6 is 11.8 Å². The number of nitrogens with one attached hydrogen (secondary N) is 3. The molecule has 0 bridgehead atoms. The molecule has 2 rings (SSSR count). The highest BCUT2D eigenvalue weighted by Gasteiger charge is 2.19. The van der Waals surface area contributed by atoms with E-state index in [9.17, 15) is 14.4 Å². The zero-order valence-corrected chi connectivity index (χ0v) is 15.3. The molecule has 8 nitrogen and oxygen atoms in total. The van der Waals surface area contributed by atoms with Crippen LogP contribution in [-0.2, 0) is 0 Å². The predicted octanol–water partition coefficient (Wildman–Crippen LogP) is 1.70. The molecule has 2 amide bonds. The fourth-order valence-electron chi connectivity index (χ4n) is 2.20. The molecule has 0 fully saturated rings. The van der Waals surface area contributed by atoms with Gasteiger partial charge in [0.15, 0.2) is 10.9 Å². The Morgan fingerprint density at radius 2 is 1.88 bits per heavy atom. The molecule has 2 aromatic heterocycles. The third kappa shape index (κ3) is 4.56. The summed E-state index contributed by atoms with van der Waals surface area (Å²) in [5, 5.41) is 8.24. The molecule has 0 spiro atoms. The number of H-pyrrole nitrogens is 1. The number of aromatic amines is 1. The highest BCUT2D eigenvalue weighted by molar-refractivity contribution is 7.98. The van der Waals surface area contributed by atoms with Crippen molar-refractivity contribution < 1.29 is 18.5 Å². The van der Waals surface area contributed by atoms with Gasteiger partial charge in [-0.15, -0.1) is 0 Å². The number of aromatic nitrogens is 1. The van der Waals surface area contributed by atoms with E-state index in [1.54, 1.807) is 0 Å². The summed E-state index contributed by atoms with van der Waals surface area (Å²) in [5.41, 5.74) is 0.179. The number of aryl methyl sites for hydroxylation is 2. The first-order chi connectivity index (χ1) is 11.8. The average Bonchev–Trinajstić information content (AvgIpc) is 3.12. The summed E-state index contributed by atoms with van der Waals surface area (Å²) in [4.78, 5) is 35.6. The number of hydrogen-bond acceptors (Lipinski definition) is 6. The molecule has 0 saturated heterocycles. The van der Waals surface area contributed by atoms with Crippen LogP contribution in [0.4, 0.5) is 0 Å². The number of rotatable bonds is 7. The lowest BCUT2D eigenvalue weighted by atomic mass is 10.1. The standard InChI is InChI=1S/C16H21N3O5S/c1-8(6-17-14(20)12-10(3)24-19-15(12)21)7-18-16(22)13-9(2)5-11(23-13)25-4/h5,8H,6-7H2,1-4H3,(H,17,20)(H,18,22)(H,19,21). The maximum absolute atomic E-state index is 12.2. The molecule has 0 aliphatic heterocycles. The molecule has 2 heterocycles. The van der Waals surface area contributed by atoms with Gasteiger partial charge in [-0.05, 0) is 32.1 Å². The first-order valence-corrected chi connectivity index (χ1v) is 8.94. The van der Waals surface area contributed by atoms with Gasteiger partial charge in [-0.1, -0.05) is 18.7 Å². The zero-order valence-electron chi connectivity index (χ0n) is 14.5. The highest BCUT2D eigenvalue weighted by Crippen LogP contribution is 2.22. The molecule has 0 saturated carbocycles. The van der Waals surface area contributed by atoms with Gasteiger partial charge in [0.1, 0.15) is 11.3 Å². The largest absolute Gasteiger partial charge is 0.444 e. The van der Waals surface area contributed by atoms with Gasteiger partial charge >= 0.3 is 0 Å². The summed E-state index contributed by atoms with van der Waals surface area (Å²) < 4.78 is 10.3. The summed E-state index contributed by atoms with van der Waals surface area (Å²) in [5.74, 6) is -0.299. The molecule has 0 aliphatic rings. The second-order valence-corrected chi connectivity index (χ2v) is 6.58. The van der Waals surface area contributed by atoms with E-state index in [0.29, 0.717) is 23.9 Å². The Morgan fingerprint density at radius 3 is 2.40 bits per heavy atom. The summed E-state index contributed by atoms with van der Waals surface area (Å²) in [6, 6.07) is 1.81. The van der Waals surface area contributed by atoms with Crippen molar-refractivity contribution in [3.05, 3.63) is 39.1 Å². The van der Waals surface area contributed by atoms with Crippen molar-refractivity contribution in [1.82, 2.24) is 15.8 Å². The molecular weight excluding hydrogens is 346 g/mol. The van der Waals surface area contributed by atoms with E-state index in [1.807, 2.05) is 26.2 Å². The van der Waals surface area contributed by atoms with E-state index in [-0.39, 0.29) is 23.1 Å². The molecule has 0 aromatic carbocycles. The Bertz CT molecular complexity index is 820. The Labute approximate surface area is 148 Å². The Morgan fingerprint density at radius 1 is 1.24 bits per heavy atom. The maximum Gasteiger partial charge on any atom is 0.293 e. The number of hydrogen-bond donors (Lipinski definition) is 3. The first kappa shape index (κ1) is 18.9. The molecule has 0 radical (unpaired) electrons. The Balaban J connectivity index is 1.83. The van der Waals surface area contributed by atoms with E-state index in [2.05, 4.69) is 15.8 Å².